The molecule has 96 valence electrons. The second kappa shape index (κ2) is 5.48. The molecule has 1 saturated heterocycles. The van der Waals surface area contributed by atoms with Crippen molar-refractivity contribution in [1.29, 1.82) is 0 Å². The SMILES string of the molecule is CNCC1(CCOC(C)(C)C)CCOC1C. The number of rotatable bonds is 5. The van der Waals surface area contributed by atoms with Crippen LogP contribution in [0.2, 0.25) is 0 Å². The zero-order chi connectivity index (χ0) is 12.2. The highest BCUT2D eigenvalue weighted by Crippen LogP contribution is 2.37. The Morgan fingerprint density at radius 2 is 2.12 bits per heavy atom. The van der Waals surface area contributed by atoms with E-state index in [0.29, 0.717) is 6.10 Å². The fourth-order valence-electron chi connectivity index (χ4n) is 2.38. The van der Waals surface area contributed by atoms with Crippen molar-refractivity contribution in [3.8, 4) is 0 Å². The zero-order valence-electron chi connectivity index (χ0n) is 11.4. The molecule has 0 bridgehead atoms. The minimum Gasteiger partial charge on any atom is -0.378 e. The van der Waals surface area contributed by atoms with Gasteiger partial charge in [0, 0.05) is 25.2 Å². The van der Waals surface area contributed by atoms with E-state index in [2.05, 4.69) is 33.0 Å². The monoisotopic (exact) mass is 229 g/mol. The molecule has 1 fully saturated rings. The van der Waals surface area contributed by atoms with Gasteiger partial charge in [-0.1, -0.05) is 0 Å². The minimum atomic E-state index is -0.0382. The van der Waals surface area contributed by atoms with Crippen molar-refractivity contribution in [2.45, 2.75) is 52.2 Å². The summed E-state index contributed by atoms with van der Waals surface area (Å²) in [6, 6.07) is 0. The topological polar surface area (TPSA) is 30.5 Å². The molecule has 0 aromatic heterocycles. The lowest BCUT2D eigenvalue weighted by Crippen LogP contribution is -2.39. The maximum absolute atomic E-state index is 5.83. The Bertz CT molecular complexity index is 212. The predicted molar refractivity (Wildman–Crippen MR) is 66.7 cm³/mol. The van der Waals surface area contributed by atoms with Crippen molar-refractivity contribution in [3.05, 3.63) is 0 Å². The second-order valence-electron chi connectivity index (χ2n) is 5.87. The van der Waals surface area contributed by atoms with Gasteiger partial charge in [0.2, 0.25) is 0 Å². The van der Waals surface area contributed by atoms with Gasteiger partial charge in [-0.2, -0.15) is 0 Å². The third-order valence-corrected chi connectivity index (χ3v) is 3.49. The van der Waals surface area contributed by atoms with Gasteiger partial charge in [0.1, 0.15) is 0 Å². The molecule has 1 heterocycles. The van der Waals surface area contributed by atoms with Crippen LogP contribution in [0.1, 0.15) is 40.5 Å². The first-order valence-electron chi connectivity index (χ1n) is 6.30. The molecule has 0 saturated carbocycles. The van der Waals surface area contributed by atoms with Crippen LogP contribution in [0.4, 0.5) is 0 Å². The van der Waals surface area contributed by atoms with E-state index in [1.807, 2.05) is 7.05 Å². The predicted octanol–water partition coefficient (Wildman–Crippen LogP) is 2.21. The maximum Gasteiger partial charge on any atom is 0.0617 e. The van der Waals surface area contributed by atoms with Crippen LogP contribution in [0.5, 0.6) is 0 Å². The van der Waals surface area contributed by atoms with Gasteiger partial charge >= 0.3 is 0 Å². The Balaban J connectivity index is 2.46. The van der Waals surface area contributed by atoms with Crippen LogP contribution < -0.4 is 5.32 Å². The van der Waals surface area contributed by atoms with E-state index in [4.69, 9.17) is 9.47 Å². The van der Waals surface area contributed by atoms with E-state index >= 15 is 0 Å². The van der Waals surface area contributed by atoms with Crippen molar-refractivity contribution < 1.29 is 9.47 Å². The van der Waals surface area contributed by atoms with Crippen LogP contribution in [-0.4, -0.2) is 38.5 Å². The number of hydrogen-bond donors (Lipinski definition) is 1. The first kappa shape index (κ1) is 13.9. The normalized spacial score (nSPS) is 30.9. The van der Waals surface area contributed by atoms with Crippen molar-refractivity contribution in [1.82, 2.24) is 5.32 Å². The first-order chi connectivity index (χ1) is 7.40. The van der Waals surface area contributed by atoms with Crippen LogP contribution in [0.25, 0.3) is 0 Å². The Hall–Kier alpha value is -0.120. The highest BCUT2D eigenvalue weighted by Gasteiger charge is 2.40. The summed E-state index contributed by atoms with van der Waals surface area (Å²) in [6.45, 7) is 11.2. The third-order valence-electron chi connectivity index (χ3n) is 3.49. The molecule has 2 unspecified atom stereocenters. The molecule has 3 nitrogen and oxygen atoms in total. The lowest BCUT2D eigenvalue weighted by Gasteiger charge is -2.33. The molecule has 1 aliphatic heterocycles. The number of hydrogen-bond acceptors (Lipinski definition) is 3. The number of ether oxygens (including phenoxy) is 2. The van der Waals surface area contributed by atoms with Gasteiger partial charge in [0.25, 0.3) is 0 Å². The van der Waals surface area contributed by atoms with E-state index in [-0.39, 0.29) is 11.0 Å². The van der Waals surface area contributed by atoms with Crippen molar-refractivity contribution in [2.75, 3.05) is 26.8 Å². The molecule has 0 aliphatic carbocycles. The van der Waals surface area contributed by atoms with E-state index < -0.39 is 0 Å². The molecule has 0 radical (unpaired) electrons. The third kappa shape index (κ3) is 3.72. The van der Waals surface area contributed by atoms with Gasteiger partial charge in [-0.15, -0.1) is 0 Å². The van der Waals surface area contributed by atoms with E-state index in [1.165, 1.54) is 0 Å². The summed E-state index contributed by atoms with van der Waals surface area (Å²) in [5, 5.41) is 3.29. The quantitative estimate of drug-likeness (QED) is 0.784. The fourth-order valence-corrected chi connectivity index (χ4v) is 2.38. The van der Waals surface area contributed by atoms with Gasteiger partial charge in [0.15, 0.2) is 0 Å². The smallest absolute Gasteiger partial charge is 0.0617 e. The zero-order valence-corrected chi connectivity index (χ0v) is 11.4. The van der Waals surface area contributed by atoms with Gasteiger partial charge < -0.3 is 14.8 Å². The van der Waals surface area contributed by atoms with Crippen molar-refractivity contribution >= 4 is 0 Å². The Morgan fingerprint density at radius 1 is 1.44 bits per heavy atom. The van der Waals surface area contributed by atoms with Crippen LogP contribution in [0.15, 0.2) is 0 Å². The Morgan fingerprint density at radius 3 is 2.56 bits per heavy atom. The van der Waals surface area contributed by atoms with Crippen molar-refractivity contribution in [3.63, 3.8) is 0 Å². The molecule has 0 spiro atoms. The largest absolute Gasteiger partial charge is 0.378 e. The molecule has 16 heavy (non-hydrogen) atoms. The molecular formula is C13H27NO2. The molecule has 0 amide bonds. The molecule has 3 heteroatoms. The minimum absolute atomic E-state index is 0.0382. The first-order valence-corrected chi connectivity index (χ1v) is 6.30. The van der Waals surface area contributed by atoms with Crippen molar-refractivity contribution in [2.24, 2.45) is 5.41 Å². The summed E-state index contributed by atoms with van der Waals surface area (Å²) in [4.78, 5) is 0. The molecule has 0 aromatic rings. The van der Waals surface area contributed by atoms with Crippen LogP contribution in [-0.2, 0) is 9.47 Å². The van der Waals surface area contributed by atoms with Gasteiger partial charge in [-0.05, 0) is 47.6 Å². The van der Waals surface area contributed by atoms with Crippen LogP contribution >= 0.6 is 0 Å². The van der Waals surface area contributed by atoms with E-state index in [0.717, 1.165) is 32.6 Å². The van der Waals surface area contributed by atoms with Gasteiger partial charge in [-0.3, -0.25) is 0 Å². The molecule has 1 rings (SSSR count). The number of nitrogens with one attached hydrogen (secondary N) is 1. The molecular weight excluding hydrogens is 202 g/mol. The summed E-state index contributed by atoms with van der Waals surface area (Å²) >= 11 is 0. The highest BCUT2D eigenvalue weighted by atomic mass is 16.5. The van der Waals surface area contributed by atoms with E-state index in [9.17, 15) is 0 Å². The lowest BCUT2D eigenvalue weighted by atomic mass is 9.78. The van der Waals surface area contributed by atoms with Gasteiger partial charge in [0.05, 0.1) is 11.7 Å². The molecule has 1 N–H and O–H groups in total. The summed E-state index contributed by atoms with van der Waals surface area (Å²) in [7, 11) is 2.01. The second-order valence-corrected chi connectivity index (χ2v) is 5.87. The molecule has 2 atom stereocenters. The molecule has 1 aliphatic rings. The Kier molecular flexibility index (Phi) is 4.77. The fraction of sp³-hybridized carbons (Fsp3) is 1.00. The highest BCUT2D eigenvalue weighted by molar-refractivity contribution is 4.91. The standard InChI is InChI=1S/C13H27NO2/c1-11-13(10-14-5,6-8-15-11)7-9-16-12(2,3)4/h11,14H,6-10H2,1-5H3. The van der Waals surface area contributed by atoms with E-state index in [1.54, 1.807) is 0 Å². The lowest BCUT2D eigenvalue weighted by molar-refractivity contribution is -0.0294. The van der Waals surface area contributed by atoms with Gasteiger partial charge in [-0.25, -0.2) is 0 Å². The maximum atomic E-state index is 5.83. The molecule has 0 aromatic carbocycles. The average molecular weight is 229 g/mol. The summed E-state index contributed by atoms with van der Waals surface area (Å²) in [6.07, 6.45) is 2.55. The summed E-state index contributed by atoms with van der Waals surface area (Å²) in [5.74, 6) is 0. The Labute approximate surface area is 99.9 Å². The summed E-state index contributed by atoms with van der Waals surface area (Å²) < 4.78 is 11.5. The van der Waals surface area contributed by atoms with Crippen LogP contribution in [0.3, 0.4) is 0 Å². The van der Waals surface area contributed by atoms with Crippen LogP contribution in [0, 0.1) is 5.41 Å². The summed E-state index contributed by atoms with van der Waals surface area (Å²) in [5.41, 5.74) is 0.226. The average Bonchev–Trinajstić information content (AvgIpc) is 2.47.